The summed E-state index contributed by atoms with van der Waals surface area (Å²) in [5, 5.41) is 23.3. The maximum Gasteiger partial charge on any atom is 0.326 e. The predicted octanol–water partition coefficient (Wildman–Crippen LogP) is -1.27. The Hall–Kier alpha value is -4.00. The van der Waals surface area contributed by atoms with E-state index in [-0.39, 0.29) is 38.6 Å². The van der Waals surface area contributed by atoms with Gasteiger partial charge in [-0.05, 0) is 31.2 Å². The number of amides is 4. The molecule has 4 amide bonds. The SMILES string of the molecule is NC(=O)CCC(NC(=O)C(N)CCC(=O)O)C(=O)NC(Cc1ccccc1)C(=O)N1CCCC1C(=O)O. The highest BCUT2D eigenvalue weighted by Crippen LogP contribution is 2.20. The second-order valence-electron chi connectivity index (χ2n) is 8.88. The maximum absolute atomic E-state index is 13.4. The summed E-state index contributed by atoms with van der Waals surface area (Å²) in [6.45, 7) is 0.219. The molecule has 13 nitrogen and oxygen atoms in total. The first-order valence-electron chi connectivity index (χ1n) is 11.9. The molecule has 4 atom stereocenters. The molecular weight excluding hydrogens is 486 g/mol. The van der Waals surface area contributed by atoms with Gasteiger partial charge in [0.15, 0.2) is 0 Å². The predicted molar refractivity (Wildman–Crippen MR) is 130 cm³/mol. The molecule has 37 heavy (non-hydrogen) atoms. The first-order chi connectivity index (χ1) is 17.5. The summed E-state index contributed by atoms with van der Waals surface area (Å²) < 4.78 is 0. The van der Waals surface area contributed by atoms with Gasteiger partial charge in [-0.25, -0.2) is 4.79 Å². The van der Waals surface area contributed by atoms with Crippen molar-refractivity contribution in [3.05, 3.63) is 35.9 Å². The number of nitrogens with two attached hydrogens (primary N) is 2. The molecule has 1 aromatic carbocycles. The number of carbonyl (C=O) groups excluding carboxylic acids is 4. The molecule has 1 fully saturated rings. The van der Waals surface area contributed by atoms with E-state index in [1.54, 1.807) is 30.3 Å². The van der Waals surface area contributed by atoms with Gasteiger partial charge >= 0.3 is 11.9 Å². The zero-order chi connectivity index (χ0) is 27.5. The first-order valence-corrected chi connectivity index (χ1v) is 11.9. The van der Waals surface area contributed by atoms with E-state index in [1.807, 2.05) is 0 Å². The minimum absolute atomic E-state index is 0.0584. The number of nitrogens with zero attached hydrogens (tertiary/aromatic N) is 1. The number of aliphatic carboxylic acids is 2. The lowest BCUT2D eigenvalue weighted by Gasteiger charge is -2.29. The van der Waals surface area contributed by atoms with E-state index < -0.39 is 59.7 Å². The normalized spacial score (nSPS) is 17.3. The summed E-state index contributed by atoms with van der Waals surface area (Å²) in [6, 6.07) is 4.11. The summed E-state index contributed by atoms with van der Waals surface area (Å²) in [7, 11) is 0. The van der Waals surface area contributed by atoms with Gasteiger partial charge < -0.3 is 37.2 Å². The number of nitrogens with one attached hydrogen (secondary N) is 2. The van der Waals surface area contributed by atoms with E-state index in [2.05, 4.69) is 10.6 Å². The number of likely N-dealkylation sites (tertiary alicyclic amines) is 1. The fourth-order valence-corrected chi connectivity index (χ4v) is 4.05. The van der Waals surface area contributed by atoms with Crippen LogP contribution in [-0.4, -0.2) is 81.4 Å². The van der Waals surface area contributed by atoms with Crippen molar-refractivity contribution in [3.63, 3.8) is 0 Å². The number of hydrogen-bond acceptors (Lipinski definition) is 7. The third-order valence-electron chi connectivity index (χ3n) is 6.04. The Kier molecular flexibility index (Phi) is 11.0. The fraction of sp³-hybridized carbons (Fsp3) is 0.500. The van der Waals surface area contributed by atoms with Crippen LogP contribution in [0.3, 0.4) is 0 Å². The van der Waals surface area contributed by atoms with Crippen LogP contribution in [0.5, 0.6) is 0 Å². The average molecular weight is 520 g/mol. The van der Waals surface area contributed by atoms with Crippen LogP contribution in [0.2, 0.25) is 0 Å². The largest absolute Gasteiger partial charge is 0.481 e. The summed E-state index contributed by atoms with van der Waals surface area (Å²) in [6.07, 6.45) is -0.131. The van der Waals surface area contributed by atoms with Crippen molar-refractivity contribution >= 4 is 35.6 Å². The Morgan fingerprint density at radius 3 is 2.19 bits per heavy atom. The van der Waals surface area contributed by atoms with Crippen LogP contribution < -0.4 is 22.1 Å². The van der Waals surface area contributed by atoms with Crippen molar-refractivity contribution in [1.82, 2.24) is 15.5 Å². The van der Waals surface area contributed by atoms with Gasteiger partial charge in [-0.2, -0.15) is 0 Å². The third kappa shape index (κ3) is 9.18. The Morgan fingerprint density at radius 2 is 1.59 bits per heavy atom. The Labute approximate surface area is 213 Å². The van der Waals surface area contributed by atoms with E-state index in [1.165, 1.54) is 4.90 Å². The van der Waals surface area contributed by atoms with Crippen LogP contribution in [0.1, 0.15) is 44.1 Å². The lowest BCUT2D eigenvalue weighted by molar-refractivity contribution is -0.149. The standard InChI is InChI=1S/C24H33N5O8/c25-15(8-11-20(31)32)21(33)27-16(9-10-19(26)30)22(34)28-17(13-14-5-2-1-3-6-14)23(35)29-12-4-7-18(29)24(36)37/h1-3,5-6,15-18H,4,7-13,25H2,(H2,26,30)(H,27,33)(H,28,34)(H,31,32)(H,36,37). The molecule has 1 aromatic rings. The number of primary amides is 1. The van der Waals surface area contributed by atoms with Crippen LogP contribution in [0.25, 0.3) is 0 Å². The molecule has 0 radical (unpaired) electrons. The van der Waals surface area contributed by atoms with Crippen LogP contribution in [0.15, 0.2) is 30.3 Å². The molecule has 8 N–H and O–H groups in total. The Bertz CT molecular complexity index is 1000. The molecule has 0 bridgehead atoms. The van der Waals surface area contributed by atoms with Crippen LogP contribution in [0.4, 0.5) is 0 Å². The second-order valence-corrected chi connectivity index (χ2v) is 8.88. The van der Waals surface area contributed by atoms with Gasteiger partial charge in [0.05, 0.1) is 6.04 Å². The lowest BCUT2D eigenvalue weighted by Crippen LogP contribution is -2.57. The number of benzene rings is 1. The molecule has 4 unspecified atom stereocenters. The van der Waals surface area contributed by atoms with Gasteiger partial charge in [-0.15, -0.1) is 0 Å². The molecule has 202 valence electrons. The van der Waals surface area contributed by atoms with Gasteiger partial charge in [-0.1, -0.05) is 30.3 Å². The number of rotatable bonds is 14. The highest BCUT2D eigenvalue weighted by Gasteiger charge is 2.38. The van der Waals surface area contributed by atoms with Gasteiger partial charge in [0.2, 0.25) is 23.6 Å². The van der Waals surface area contributed by atoms with Gasteiger partial charge in [0.25, 0.3) is 0 Å². The molecule has 1 aliphatic rings. The summed E-state index contributed by atoms with van der Waals surface area (Å²) in [5.41, 5.74) is 11.6. The molecule has 0 spiro atoms. The molecule has 0 aromatic heterocycles. The Balaban J connectivity index is 2.23. The van der Waals surface area contributed by atoms with E-state index in [0.717, 1.165) is 0 Å². The summed E-state index contributed by atoms with van der Waals surface area (Å²) in [5.74, 6) is -5.18. The third-order valence-corrected chi connectivity index (χ3v) is 6.04. The number of hydrogen-bond donors (Lipinski definition) is 6. The monoisotopic (exact) mass is 519 g/mol. The van der Waals surface area contributed by atoms with Crippen molar-refractivity contribution in [2.24, 2.45) is 11.5 Å². The molecule has 1 aliphatic heterocycles. The molecule has 0 aliphatic carbocycles. The van der Waals surface area contributed by atoms with E-state index in [4.69, 9.17) is 16.6 Å². The molecular formula is C24H33N5O8. The minimum Gasteiger partial charge on any atom is -0.481 e. The molecule has 1 heterocycles. The quantitative estimate of drug-likeness (QED) is 0.172. The number of carbonyl (C=O) groups is 6. The minimum atomic E-state index is -1.30. The lowest BCUT2D eigenvalue weighted by atomic mass is 10.0. The molecule has 1 saturated heterocycles. The number of carboxylic acids is 2. The topological polar surface area (TPSA) is 222 Å². The first kappa shape index (κ1) is 29.2. The van der Waals surface area contributed by atoms with Crippen molar-refractivity contribution in [2.75, 3.05) is 6.54 Å². The van der Waals surface area contributed by atoms with Crippen molar-refractivity contribution in [2.45, 2.75) is 69.1 Å². The molecule has 2 rings (SSSR count). The highest BCUT2D eigenvalue weighted by molar-refractivity contribution is 5.94. The number of carboxylic acid groups (broad SMARTS) is 2. The van der Waals surface area contributed by atoms with E-state index >= 15 is 0 Å². The highest BCUT2D eigenvalue weighted by atomic mass is 16.4. The van der Waals surface area contributed by atoms with Crippen molar-refractivity contribution in [1.29, 1.82) is 0 Å². The Morgan fingerprint density at radius 1 is 0.946 bits per heavy atom. The maximum atomic E-state index is 13.4. The smallest absolute Gasteiger partial charge is 0.326 e. The summed E-state index contributed by atoms with van der Waals surface area (Å²) in [4.78, 5) is 74.0. The van der Waals surface area contributed by atoms with Crippen LogP contribution in [-0.2, 0) is 35.2 Å². The van der Waals surface area contributed by atoms with Gasteiger partial charge in [0.1, 0.15) is 18.1 Å². The average Bonchev–Trinajstić information content (AvgIpc) is 3.35. The zero-order valence-electron chi connectivity index (χ0n) is 20.3. The van der Waals surface area contributed by atoms with Crippen LogP contribution >= 0.6 is 0 Å². The zero-order valence-corrected chi connectivity index (χ0v) is 20.3. The fourth-order valence-electron chi connectivity index (χ4n) is 4.05. The van der Waals surface area contributed by atoms with E-state index in [9.17, 15) is 33.9 Å². The molecule has 0 saturated carbocycles. The van der Waals surface area contributed by atoms with Crippen molar-refractivity contribution in [3.8, 4) is 0 Å². The molecule has 13 heteroatoms. The van der Waals surface area contributed by atoms with E-state index in [0.29, 0.717) is 18.4 Å². The van der Waals surface area contributed by atoms with Gasteiger partial charge in [0, 0.05) is 25.8 Å². The van der Waals surface area contributed by atoms with Crippen LogP contribution in [0, 0.1) is 0 Å². The van der Waals surface area contributed by atoms with Gasteiger partial charge in [-0.3, -0.25) is 24.0 Å². The summed E-state index contributed by atoms with van der Waals surface area (Å²) >= 11 is 0. The second kappa shape index (κ2) is 13.9. The van der Waals surface area contributed by atoms with Crippen molar-refractivity contribution < 1.29 is 39.0 Å².